The van der Waals surface area contributed by atoms with E-state index in [0.29, 0.717) is 6.61 Å². The fourth-order valence-corrected chi connectivity index (χ4v) is 4.14. The molecule has 0 heterocycles. The number of nitrogens with one attached hydrogen (secondary N) is 1. The normalized spacial score (nSPS) is 17.0. The van der Waals surface area contributed by atoms with Gasteiger partial charge in [-0.15, -0.1) is 0 Å². The molecule has 112 valence electrons. The molecule has 2 N–H and O–H groups in total. The lowest BCUT2D eigenvalue weighted by Crippen LogP contribution is -2.33. The molecule has 0 radical (unpaired) electrons. The number of carbonyl (C=O) groups is 1. The molecule has 0 bridgehead atoms. The van der Waals surface area contributed by atoms with Crippen molar-refractivity contribution in [3.8, 4) is 5.75 Å². The zero-order valence-corrected chi connectivity index (χ0v) is 13.6. The standard InChI is InChI=1S/C14H21ClNO3P/c1-5-19-14(18)10(2)16-20(4,15)11(3)12-6-8-13(17)9-7-12/h6-11,16-17H,4-5H2,1-3H3. The average molecular weight is 318 g/mol. The number of rotatable bonds is 6. The summed E-state index contributed by atoms with van der Waals surface area (Å²) in [4.78, 5) is 11.6. The molecule has 0 aromatic heterocycles. The summed E-state index contributed by atoms with van der Waals surface area (Å²) in [5.41, 5.74) is 0.909. The molecule has 20 heavy (non-hydrogen) atoms. The summed E-state index contributed by atoms with van der Waals surface area (Å²) in [6.07, 6.45) is 1.73. The van der Waals surface area contributed by atoms with Gasteiger partial charge in [0.25, 0.3) is 0 Å². The van der Waals surface area contributed by atoms with E-state index in [-0.39, 0.29) is 17.4 Å². The van der Waals surface area contributed by atoms with Gasteiger partial charge in [-0.25, -0.2) is 0 Å². The molecule has 0 fully saturated rings. The minimum absolute atomic E-state index is 0.0540. The number of phenols is 1. The number of aromatic hydroxyl groups is 1. The number of carbonyl (C=O) groups excluding carboxylic acids is 1. The topological polar surface area (TPSA) is 58.6 Å². The molecule has 4 nitrogen and oxygen atoms in total. The predicted molar refractivity (Wildman–Crippen MR) is 85.6 cm³/mol. The maximum absolute atomic E-state index is 11.6. The van der Waals surface area contributed by atoms with Gasteiger partial charge in [0.2, 0.25) is 0 Å². The van der Waals surface area contributed by atoms with E-state index in [1.54, 1.807) is 38.1 Å². The molecule has 6 heteroatoms. The Balaban J connectivity index is 2.79. The predicted octanol–water partition coefficient (Wildman–Crippen LogP) is 3.51. The number of benzene rings is 1. The molecule has 0 aliphatic heterocycles. The van der Waals surface area contributed by atoms with Crippen molar-refractivity contribution in [3.63, 3.8) is 0 Å². The van der Waals surface area contributed by atoms with Crippen LogP contribution in [0.3, 0.4) is 0 Å². The molecule has 0 amide bonds. The van der Waals surface area contributed by atoms with Crippen molar-refractivity contribution in [1.82, 2.24) is 5.09 Å². The molecule has 0 saturated carbocycles. The summed E-state index contributed by atoms with van der Waals surface area (Å²) >= 11 is 6.52. The van der Waals surface area contributed by atoms with Gasteiger partial charge in [-0.3, -0.25) is 9.88 Å². The molecular weight excluding hydrogens is 297 g/mol. The molecule has 1 aromatic rings. The van der Waals surface area contributed by atoms with Crippen molar-refractivity contribution < 1.29 is 14.6 Å². The van der Waals surface area contributed by atoms with E-state index in [1.165, 1.54) is 0 Å². The van der Waals surface area contributed by atoms with Gasteiger partial charge in [0.15, 0.2) is 0 Å². The highest BCUT2D eigenvalue weighted by atomic mass is 35.7. The van der Waals surface area contributed by atoms with Crippen LogP contribution >= 0.6 is 17.6 Å². The first-order valence-electron chi connectivity index (χ1n) is 6.44. The van der Waals surface area contributed by atoms with E-state index in [4.69, 9.17) is 16.0 Å². The fraction of sp³-hybridized carbons (Fsp3) is 0.429. The number of halogens is 1. The molecule has 0 spiro atoms. The minimum atomic E-state index is -2.31. The molecule has 1 aromatic carbocycles. The highest BCUT2D eigenvalue weighted by molar-refractivity contribution is 7.95. The van der Waals surface area contributed by atoms with Crippen molar-refractivity contribution in [1.29, 1.82) is 0 Å². The fourth-order valence-electron chi connectivity index (χ4n) is 1.74. The Hall–Kier alpha value is -0.960. The Morgan fingerprint density at radius 2 is 2.00 bits per heavy atom. The first-order chi connectivity index (χ1) is 9.27. The second-order valence-electron chi connectivity index (χ2n) is 4.64. The van der Waals surface area contributed by atoms with Gasteiger partial charge in [-0.05, 0) is 31.5 Å². The van der Waals surface area contributed by atoms with Crippen LogP contribution in [-0.4, -0.2) is 30.0 Å². The maximum atomic E-state index is 11.6. The number of esters is 1. The van der Waals surface area contributed by atoms with Crippen LogP contribution < -0.4 is 5.09 Å². The van der Waals surface area contributed by atoms with Gasteiger partial charge in [0.1, 0.15) is 11.8 Å². The van der Waals surface area contributed by atoms with Crippen LogP contribution in [0, 0.1) is 0 Å². The smallest absolute Gasteiger partial charge is 0.323 e. The van der Waals surface area contributed by atoms with Gasteiger partial charge in [0.05, 0.1) is 6.61 Å². The van der Waals surface area contributed by atoms with Crippen LogP contribution in [-0.2, 0) is 9.53 Å². The quantitative estimate of drug-likeness (QED) is 0.622. The lowest BCUT2D eigenvalue weighted by Gasteiger charge is -2.28. The van der Waals surface area contributed by atoms with Crippen LogP contribution in [0.15, 0.2) is 24.3 Å². The lowest BCUT2D eigenvalue weighted by molar-refractivity contribution is -0.144. The molecule has 3 atom stereocenters. The Morgan fingerprint density at radius 3 is 2.50 bits per heavy atom. The minimum Gasteiger partial charge on any atom is -0.508 e. The zero-order valence-electron chi connectivity index (χ0n) is 12.0. The Morgan fingerprint density at radius 1 is 1.45 bits per heavy atom. The van der Waals surface area contributed by atoms with Gasteiger partial charge >= 0.3 is 5.97 Å². The van der Waals surface area contributed by atoms with Crippen LogP contribution in [0.2, 0.25) is 0 Å². The van der Waals surface area contributed by atoms with E-state index in [2.05, 4.69) is 11.4 Å². The number of hydrogen-bond acceptors (Lipinski definition) is 4. The Labute approximate surface area is 124 Å². The molecular formula is C14H21ClNO3P. The highest BCUT2D eigenvalue weighted by Gasteiger charge is 2.26. The molecule has 0 aliphatic carbocycles. The van der Waals surface area contributed by atoms with Crippen LogP contribution in [0.1, 0.15) is 32.0 Å². The first kappa shape index (κ1) is 17.1. The largest absolute Gasteiger partial charge is 0.508 e. The summed E-state index contributed by atoms with van der Waals surface area (Å²) < 4.78 is 4.95. The summed E-state index contributed by atoms with van der Waals surface area (Å²) in [6.45, 7) is 5.76. The van der Waals surface area contributed by atoms with Crippen LogP contribution in [0.4, 0.5) is 0 Å². The third kappa shape index (κ3) is 4.55. The second kappa shape index (κ2) is 7.16. The third-order valence-electron chi connectivity index (χ3n) is 3.04. The van der Waals surface area contributed by atoms with Crippen LogP contribution in [0.25, 0.3) is 0 Å². The maximum Gasteiger partial charge on any atom is 0.323 e. The number of phenolic OH excluding ortho intramolecular Hbond substituents is 1. The van der Waals surface area contributed by atoms with Gasteiger partial charge < -0.3 is 9.84 Å². The van der Waals surface area contributed by atoms with Crippen molar-refractivity contribution >= 4 is 29.9 Å². The highest BCUT2D eigenvalue weighted by Crippen LogP contribution is 2.59. The molecule has 0 aliphatic rings. The van der Waals surface area contributed by atoms with E-state index in [9.17, 15) is 9.90 Å². The number of hydrogen-bond donors (Lipinski definition) is 2. The monoisotopic (exact) mass is 317 g/mol. The van der Waals surface area contributed by atoms with Crippen molar-refractivity contribution in [3.05, 3.63) is 29.8 Å². The Kier molecular flexibility index (Phi) is 6.12. The van der Waals surface area contributed by atoms with Crippen molar-refractivity contribution in [2.75, 3.05) is 6.61 Å². The zero-order chi connectivity index (χ0) is 15.3. The Bertz CT molecular complexity index is 504. The summed E-state index contributed by atoms with van der Waals surface area (Å²) in [6, 6.07) is 6.32. The lowest BCUT2D eigenvalue weighted by atomic mass is 10.2. The summed E-state index contributed by atoms with van der Waals surface area (Å²) in [5.74, 6) is -0.129. The molecule has 1 rings (SSSR count). The number of ether oxygens (including phenoxy) is 1. The van der Waals surface area contributed by atoms with Gasteiger partial charge in [-0.1, -0.05) is 36.6 Å². The summed E-state index contributed by atoms with van der Waals surface area (Å²) in [7, 11) is 0. The van der Waals surface area contributed by atoms with E-state index >= 15 is 0 Å². The van der Waals surface area contributed by atoms with Gasteiger partial charge in [-0.2, -0.15) is 0 Å². The second-order valence-corrected chi connectivity index (χ2v) is 9.03. The van der Waals surface area contributed by atoms with Crippen molar-refractivity contribution in [2.45, 2.75) is 32.5 Å². The summed E-state index contributed by atoms with van der Waals surface area (Å²) in [5, 5.41) is 12.4. The third-order valence-corrected chi connectivity index (χ3v) is 6.55. The molecule has 3 unspecified atom stereocenters. The average Bonchev–Trinajstić information content (AvgIpc) is 2.38. The van der Waals surface area contributed by atoms with E-state index in [1.807, 2.05) is 6.92 Å². The van der Waals surface area contributed by atoms with E-state index < -0.39 is 12.4 Å². The van der Waals surface area contributed by atoms with E-state index in [0.717, 1.165) is 5.56 Å². The first-order valence-corrected chi connectivity index (χ1v) is 9.39. The SMILES string of the molecule is C=P(Cl)(NC(C)C(=O)OCC)C(C)c1ccc(O)cc1. The molecule has 0 saturated heterocycles. The van der Waals surface area contributed by atoms with Crippen LogP contribution in [0.5, 0.6) is 5.75 Å². The van der Waals surface area contributed by atoms with Crippen molar-refractivity contribution in [2.24, 2.45) is 0 Å². The van der Waals surface area contributed by atoms with Gasteiger partial charge in [0, 0.05) is 12.0 Å².